The monoisotopic (exact) mass is 347 g/mol. The highest BCUT2D eigenvalue weighted by Crippen LogP contribution is 2.19. The van der Waals surface area contributed by atoms with Crippen molar-refractivity contribution < 1.29 is 9.59 Å². The molecule has 26 heavy (non-hydrogen) atoms. The third-order valence-electron chi connectivity index (χ3n) is 3.68. The minimum atomic E-state index is -0.415. The fraction of sp³-hybridized carbons (Fsp3) is 0. The molecule has 0 spiro atoms. The standard InChI is InChI=1S/C19H17N5O2/c20-13-5-1-3-7-15(13)23-18(25)12-9-10-17(22-11-12)19(26)24-16-8-4-2-6-14(16)21/h1-11H,20-21H2,(H,23,25)(H,24,26). The molecular formula is C19H17N5O2. The lowest BCUT2D eigenvalue weighted by Crippen LogP contribution is -2.17. The van der Waals surface area contributed by atoms with Crippen LogP contribution in [-0.2, 0) is 0 Å². The maximum absolute atomic E-state index is 12.3. The number of pyridine rings is 1. The first-order chi connectivity index (χ1) is 12.5. The molecule has 0 aliphatic heterocycles. The van der Waals surface area contributed by atoms with Crippen molar-refractivity contribution in [1.82, 2.24) is 4.98 Å². The van der Waals surface area contributed by atoms with Gasteiger partial charge in [-0.15, -0.1) is 0 Å². The average molecular weight is 347 g/mol. The molecule has 2 aromatic carbocycles. The van der Waals surface area contributed by atoms with Crippen molar-refractivity contribution in [3.8, 4) is 0 Å². The van der Waals surface area contributed by atoms with E-state index in [1.165, 1.54) is 18.3 Å². The van der Waals surface area contributed by atoms with Crippen LogP contribution < -0.4 is 22.1 Å². The Morgan fingerprint density at radius 1 is 0.731 bits per heavy atom. The first-order valence-corrected chi connectivity index (χ1v) is 7.82. The second-order valence-electron chi connectivity index (χ2n) is 5.51. The third kappa shape index (κ3) is 3.78. The number of carbonyl (C=O) groups is 2. The molecule has 0 bridgehead atoms. The van der Waals surface area contributed by atoms with Gasteiger partial charge in [0.05, 0.1) is 28.3 Å². The van der Waals surface area contributed by atoms with Crippen LogP contribution in [0.4, 0.5) is 22.7 Å². The van der Waals surface area contributed by atoms with Crippen LogP contribution in [0, 0.1) is 0 Å². The highest BCUT2D eigenvalue weighted by molar-refractivity contribution is 6.07. The molecule has 0 saturated heterocycles. The van der Waals surface area contributed by atoms with E-state index in [9.17, 15) is 9.59 Å². The van der Waals surface area contributed by atoms with Gasteiger partial charge in [-0.05, 0) is 36.4 Å². The molecule has 1 aromatic heterocycles. The van der Waals surface area contributed by atoms with Gasteiger partial charge in [0, 0.05) is 6.20 Å². The lowest BCUT2D eigenvalue weighted by molar-refractivity contribution is 0.101. The van der Waals surface area contributed by atoms with Crippen LogP contribution in [-0.4, -0.2) is 16.8 Å². The average Bonchev–Trinajstić information content (AvgIpc) is 2.65. The van der Waals surface area contributed by atoms with Gasteiger partial charge >= 0.3 is 0 Å². The van der Waals surface area contributed by atoms with Crippen LogP contribution in [0.2, 0.25) is 0 Å². The number of benzene rings is 2. The summed E-state index contributed by atoms with van der Waals surface area (Å²) in [5.41, 5.74) is 14.0. The first kappa shape index (κ1) is 17.0. The van der Waals surface area contributed by atoms with Crippen molar-refractivity contribution in [2.45, 2.75) is 0 Å². The molecule has 0 atom stereocenters. The Morgan fingerprint density at radius 3 is 1.77 bits per heavy atom. The number of nitrogens with zero attached hydrogens (tertiary/aromatic N) is 1. The van der Waals surface area contributed by atoms with E-state index in [2.05, 4.69) is 15.6 Å². The van der Waals surface area contributed by atoms with Crippen molar-refractivity contribution in [2.75, 3.05) is 22.1 Å². The largest absolute Gasteiger partial charge is 0.397 e. The number of hydrogen-bond acceptors (Lipinski definition) is 5. The molecule has 7 nitrogen and oxygen atoms in total. The minimum absolute atomic E-state index is 0.170. The molecule has 0 saturated carbocycles. The van der Waals surface area contributed by atoms with Gasteiger partial charge in [0.2, 0.25) is 0 Å². The van der Waals surface area contributed by atoms with E-state index in [4.69, 9.17) is 11.5 Å². The Morgan fingerprint density at radius 2 is 1.27 bits per heavy atom. The smallest absolute Gasteiger partial charge is 0.274 e. The Balaban J connectivity index is 1.70. The summed E-state index contributed by atoms with van der Waals surface area (Å²) in [6.45, 7) is 0. The Bertz CT molecular complexity index is 876. The highest BCUT2D eigenvalue weighted by atomic mass is 16.2. The van der Waals surface area contributed by atoms with Gasteiger partial charge in [0.15, 0.2) is 0 Å². The van der Waals surface area contributed by atoms with Crippen LogP contribution in [0.1, 0.15) is 20.8 Å². The van der Waals surface area contributed by atoms with Gasteiger partial charge in [-0.1, -0.05) is 24.3 Å². The number of carbonyl (C=O) groups excluding carboxylic acids is 2. The quantitative estimate of drug-likeness (QED) is 0.540. The van der Waals surface area contributed by atoms with E-state index in [0.29, 0.717) is 28.3 Å². The molecule has 0 aliphatic carbocycles. The molecule has 1 heterocycles. The second-order valence-corrected chi connectivity index (χ2v) is 5.51. The SMILES string of the molecule is Nc1ccccc1NC(=O)c1ccc(C(=O)Nc2ccccc2N)nc1. The summed E-state index contributed by atoms with van der Waals surface area (Å²) in [7, 11) is 0. The second kappa shape index (κ2) is 7.35. The molecule has 0 radical (unpaired) electrons. The fourth-order valence-corrected chi connectivity index (χ4v) is 2.27. The molecule has 0 fully saturated rings. The first-order valence-electron chi connectivity index (χ1n) is 7.82. The number of nitrogen functional groups attached to an aromatic ring is 2. The van der Waals surface area contributed by atoms with E-state index >= 15 is 0 Å². The number of anilines is 4. The Kier molecular flexibility index (Phi) is 4.80. The Hall–Kier alpha value is -3.87. The van der Waals surface area contributed by atoms with E-state index in [0.717, 1.165) is 0 Å². The zero-order valence-corrected chi connectivity index (χ0v) is 13.8. The summed E-state index contributed by atoms with van der Waals surface area (Å²) >= 11 is 0. The summed E-state index contributed by atoms with van der Waals surface area (Å²) in [6, 6.07) is 16.8. The van der Waals surface area contributed by atoms with E-state index in [-0.39, 0.29) is 11.6 Å². The summed E-state index contributed by atoms with van der Waals surface area (Å²) in [5.74, 6) is -0.781. The topological polar surface area (TPSA) is 123 Å². The Labute approximate surface area is 150 Å². The van der Waals surface area contributed by atoms with Gasteiger partial charge < -0.3 is 22.1 Å². The van der Waals surface area contributed by atoms with E-state index in [1.807, 2.05) is 0 Å². The van der Waals surface area contributed by atoms with Crippen LogP contribution in [0.25, 0.3) is 0 Å². The summed E-state index contributed by atoms with van der Waals surface area (Å²) < 4.78 is 0. The number of para-hydroxylation sites is 4. The van der Waals surface area contributed by atoms with Crippen molar-refractivity contribution in [1.29, 1.82) is 0 Å². The highest BCUT2D eigenvalue weighted by Gasteiger charge is 2.12. The number of nitrogens with two attached hydrogens (primary N) is 2. The van der Waals surface area contributed by atoms with Gasteiger partial charge in [0.25, 0.3) is 11.8 Å². The van der Waals surface area contributed by atoms with Crippen LogP contribution in [0.3, 0.4) is 0 Å². The third-order valence-corrected chi connectivity index (χ3v) is 3.68. The molecule has 130 valence electrons. The van der Waals surface area contributed by atoms with Crippen LogP contribution in [0.15, 0.2) is 66.9 Å². The maximum atomic E-state index is 12.3. The zero-order valence-electron chi connectivity index (χ0n) is 13.8. The summed E-state index contributed by atoms with van der Waals surface area (Å²) in [4.78, 5) is 28.5. The molecule has 0 unspecified atom stereocenters. The number of nitrogens with one attached hydrogen (secondary N) is 2. The van der Waals surface area contributed by atoms with E-state index < -0.39 is 5.91 Å². The van der Waals surface area contributed by atoms with Gasteiger partial charge in [-0.25, -0.2) is 0 Å². The number of hydrogen-bond donors (Lipinski definition) is 4. The summed E-state index contributed by atoms with van der Waals surface area (Å²) in [5, 5.41) is 5.38. The number of amides is 2. The van der Waals surface area contributed by atoms with Gasteiger partial charge in [0.1, 0.15) is 5.69 Å². The minimum Gasteiger partial charge on any atom is -0.397 e. The molecule has 0 aliphatic rings. The van der Waals surface area contributed by atoms with Crippen LogP contribution >= 0.6 is 0 Å². The lowest BCUT2D eigenvalue weighted by Gasteiger charge is -2.09. The summed E-state index contributed by atoms with van der Waals surface area (Å²) in [6.07, 6.45) is 1.33. The molecule has 7 heteroatoms. The molecule has 2 amide bonds. The van der Waals surface area contributed by atoms with Crippen molar-refractivity contribution in [3.63, 3.8) is 0 Å². The van der Waals surface area contributed by atoms with E-state index in [1.54, 1.807) is 48.5 Å². The number of aromatic nitrogens is 1. The molecule has 3 aromatic rings. The molecule has 3 rings (SSSR count). The zero-order chi connectivity index (χ0) is 18.5. The predicted octanol–water partition coefficient (Wildman–Crippen LogP) is 2.75. The predicted molar refractivity (Wildman–Crippen MR) is 102 cm³/mol. The molecule has 6 N–H and O–H groups in total. The van der Waals surface area contributed by atoms with Gasteiger partial charge in [-0.3, -0.25) is 14.6 Å². The van der Waals surface area contributed by atoms with Crippen molar-refractivity contribution in [2.24, 2.45) is 0 Å². The van der Waals surface area contributed by atoms with Crippen molar-refractivity contribution in [3.05, 3.63) is 78.1 Å². The number of rotatable bonds is 4. The van der Waals surface area contributed by atoms with Crippen LogP contribution in [0.5, 0.6) is 0 Å². The normalized spacial score (nSPS) is 10.2. The fourth-order valence-electron chi connectivity index (χ4n) is 2.27. The van der Waals surface area contributed by atoms with Crippen molar-refractivity contribution >= 4 is 34.6 Å². The van der Waals surface area contributed by atoms with Gasteiger partial charge in [-0.2, -0.15) is 0 Å². The lowest BCUT2D eigenvalue weighted by atomic mass is 10.2. The maximum Gasteiger partial charge on any atom is 0.274 e. The molecular weight excluding hydrogens is 330 g/mol.